The van der Waals surface area contributed by atoms with E-state index in [4.69, 9.17) is 0 Å². The van der Waals surface area contributed by atoms with Crippen LogP contribution in [0.15, 0.2) is 30.7 Å². The van der Waals surface area contributed by atoms with E-state index in [1.807, 2.05) is 56.8 Å². The van der Waals surface area contributed by atoms with E-state index in [2.05, 4.69) is 15.3 Å². The molecule has 0 fully saturated rings. The van der Waals surface area contributed by atoms with Gasteiger partial charge in [-0.1, -0.05) is 6.92 Å². The highest BCUT2D eigenvalue weighted by Crippen LogP contribution is 2.19. The molecule has 0 aromatic carbocycles. The van der Waals surface area contributed by atoms with E-state index in [0.717, 1.165) is 17.9 Å². The zero-order valence-electron chi connectivity index (χ0n) is 12.5. The summed E-state index contributed by atoms with van der Waals surface area (Å²) in [4.78, 5) is 20.0. The topological polar surface area (TPSA) is 62.7 Å². The number of nitrogens with one attached hydrogen (secondary N) is 2. The Kier molecular flexibility index (Phi) is 3.97. The zero-order valence-corrected chi connectivity index (χ0v) is 12.5. The molecule has 2 aromatic heterocycles. The van der Waals surface area contributed by atoms with E-state index >= 15 is 0 Å². The molecule has 1 amide bonds. The molecule has 20 heavy (non-hydrogen) atoms. The van der Waals surface area contributed by atoms with Crippen LogP contribution in [0, 0.1) is 6.92 Å². The fourth-order valence-electron chi connectivity index (χ4n) is 2.13. The lowest BCUT2D eigenvalue weighted by molar-refractivity contribution is -0.129. The molecule has 0 spiro atoms. The average Bonchev–Trinajstić information content (AvgIpc) is 3.06. The Bertz CT molecular complexity index is 568. The predicted molar refractivity (Wildman–Crippen MR) is 78.3 cm³/mol. The number of H-pyrrole nitrogens is 1. The summed E-state index contributed by atoms with van der Waals surface area (Å²) in [5.74, 6) is 0.788. The maximum Gasteiger partial charge on any atom is 0.246 e. The van der Waals surface area contributed by atoms with Gasteiger partial charge < -0.3 is 14.9 Å². The molecule has 0 unspecified atom stereocenters. The molecule has 0 aliphatic carbocycles. The van der Waals surface area contributed by atoms with Crippen LogP contribution in [-0.4, -0.2) is 20.4 Å². The second-order valence-corrected chi connectivity index (χ2v) is 5.54. The SMILES string of the molecule is CC[C@H](NC(=O)C(C)(C)n1cccc1)c1ncc(C)[nH]1. The number of aryl methyl sites for hydroxylation is 1. The summed E-state index contributed by atoms with van der Waals surface area (Å²) in [5.41, 5.74) is 0.371. The Morgan fingerprint density at radius 3 is 2.60 bits per heavy atom. The van der Waals surface area contributed by atoms with Crippen molar-refractivity contribution in [3.8, 4) is 0 Å². The molecule has 0 aliphatic rings. The van der Waals surface area contributed by atoms with Gasteiger partial charge in [-0.05, 0) is 39.3 Å². The van der Waals surface area contributed by atoms with Gasteiger partial charge in [0.2, 0.25) is 5.91 Å². The van der Waals surface area contributed by atoms with Crippen LogP contribution in [0.3, 0.4) is 0 Å². The monoisotopic (exact) mass is 274 g/mol. The molecular formula is C15H22N4O. The summed E-state index contributed by atoms with van der Waals surface area (Å²) in [7, 11) is 0. The second kappa shape index (κ2) is 5.53. The van der Waals surface area contributed by atoms with E-state index in [1.165, 1.54) is 0 Å². The number of carbonyl (C=O) groups is 1. The molecule has 0 aliphatic heterocycles. The van der Waals surface area contributed by atoms with E-state index in [1.54, 1.807) is 6.20 Å². The highest BCUT2D eigenvalue weighted by atomic mass is 16.2. The Morgan fingerprint density at radius 1 is 1.45 bits per heavy atom. The van der Waals surface area contributed by atoms with Crippen molar-refractivity contribution >= 4 is 5.91 Å². The maximum atomic E-state index is 12.5. The van der Waals surface area contributed by atoms with Gasteiger partial charge in [0.15, 0.2) is 0 Å². The summed E-state index contributed by atoms with van der Waals surface area (Å²) in [6, 6.07) is 3.75. The van der Waals surface area contributed by atoms with Crippen LogP contribution in [0.2, 0.25) is 0 Å². The van der Waals surface area contributed by atoms with Crippen LogP contribution in [0.25, 0.3) is 0 Å². The predicted octanol–water partition coefficient (Wildman–Crippen LogP) is 2.52. The Morgan fingerprint density at radius 2 is 2.10 bits per heavy atom. The normalized spacial score (nSPS) is 13.2. The van der Waals surface area contributed by atoms with Gasteiger partial charge in [-0.15, -0.1) is 0 Å². The first kappa shape index (κ1) is 14.4. The first-order valence-electron chi connectivity index (χ1n) is 6.91. The van der Waals surface area contributed by atoms with Gasteiger partial charge in [-0.3, -0.25) is 4.79 Å². The molecule has 2 N–H and O–H groups in total. The van der Waals surface area contributed by atoms with Crippen molar-refractivity contribution in [3.63, 3.8) is 0 Å². The standard InChI is InChI=1S/C15H22N4O/c1-5-12(13-16-10-11(2)17-13)18-14(20)15(3,4)19-8-6-7-9-19/h6-10,12H,5H2,1-4H3,(H,16,17)(H,18,20)/t12-/m0/s1. The third-order valence-corrected chi connectivity index (χ3v) is 3.57. The molecule has 0 saturated carbocycles. The largest absolute Gasteiger partial charge is 0.344 e. The molecular weight excluding hydrogens is 252 g/mol. The molecule has 2 heterocycles. The first-order chi connectivity index (χ1) is 9.45. The van der Waals surface area contributed by atoms with Crippen molar-refractivity contribution in [2.24, 2.45) is 0 Å². The number of nitrogens with zero attached hydrogens (tertiary/aromatic N) is 2. The van der Waals surface area contributed by atoms with Crippen LogP contribution in [0.1, 0.15) is 44.8 Å². The summed E-state index contributed by atoms with van der Waals surface area (Å²) in [5, 5.41) is 3.07. The van der Waals surface area contributed by atoms with Gasteiger partial charge in [-0.25, -0.2) is 4.98 Å². The van der Waals surface area contributed by atoms with Crippen molar-refractivity contribution in [2.45, 2.75) is 45.7 Å². The molecule has 2 aromatic rings. The number of imidazole rings is 1. The highest BCUT2D eigenvalue weighted by Gasteiger charge is 2.30. The van der Waals surface area contributed by atoms with Crippen LogP contribution < -0.4 is 5.32 Å². The van der Waals surface area contributed by atoms with Crippen LogP contribution in [0.5, 0.6) is 0 Å². The van der Waals surface area contributed by atoms with Gasteiger partial charge in [0.25, 0.3) is 0 Å². The van der Waals surface area contributed by atoms with Crippen LogP contribution in [-0.2, 0) is 10.3 Å². The molecule has 5 nitrogen and oxygen atoms in total. The van der Waals surface area contributed by atoms with Crippen LogP contribution >= 0.6 is 0 Å². The number of rotatable bonds is 5. The lowest BCUT2D eigenvalue weighted by atomic mass is 10.0. The van der Waals surface area contributed by atoms with Crippen molar-refractivity contribution in [1.82, 2.24) is 19.9 Å². The van der Waals surface area contributed by atoms with E-state index in [0.29, 0.717) is 0 Å². The minimum absolute atomic E-state index is 0.0189. The van der Waals surface area contributed by atoms with Crippen molar-refractivity contribution in [2.75, 3.05) is 0 Å². The fraction of sp³-hybridized carbons (Fsp3) is 0.467. The van der Waals surface area contributed by atoms with Crippen molar-refractivity contribution in [3.05, 3.63) is 42.2 Å². The van der Waals surface area contributed by atoms with Crippen LogP contribution in [0.4, 0.5) is 0 Å². The Balaban J connectivity index is 2.13. The molecule has 0 saturated heterocycles. The summed E-state index contributed by atoms with van der Waals surface area (Å²) in [6.07, 6.45) is 6.37. The van der Waals surface area contributed by atoms with E-state index in [-0.39, 0.29) is 11.9 Å². The van der Waals surface area contributed by atoms with Crippen molar-refractivity contribution < 1.29 is 4.79 Å². The number of aromatic amines is 1. The lowest BCUT2D eigenvalue weighted by Gasteiger charge is -2.28. The summed E-state index contributed by atoms with van der Waals surface area (Å²) >= 11 is 0. The molecule has 1 atom stereocenters. The van der Waals surface area contributed by atoms with E-state index in [9.17, 15) is 4.79 Å². The summed E-state index contributed by atoms with van der Waals surface area (Å²) in [6.45, 7) is 7.80. The summed E-state index contributed by atoms with van der Waals surface area (Å²) < 4.78 is 1.91. The number of aromatic nitrogens is 3. The average molecular weight is 274 g/mol. The lowest BCUT2D eigenvalue weighted by Crippen LogP contribution is -2.45. The number of amides is 1. The number of hydrogen-bond acceptors (Lipinski definition) is 2. The smallest absolute Gasteiger partial charge is 0.246 e. The number of hydrogen-bond donors (Lipinski definition) is 2. The minimum atomic E-state index is -0.626. The fourth-order valence-corrected chi connectivity index (χ4v) is 2.13. The molecule has 2 rings (SSSR count). The van der Waals surface area contributed by atoms with Gasteiger partial charge in [0, 0.05) is 24.3 Å². The zero-order chi connectivity index (χ0) is 14.8. The van der Waals surface area contributed by atoms with Gasteiger partial charge in [0.1, 0.15) is 11.4 Å². The highest BCUT2D eigenvalue weighted by molar-refractivity contribution is 5.84. The third kappa shape index (κ3) is 2.76. The van der Waals surface area contributed by atoms with E-state index < -0.39 is 5.54 Å². The van der Waals surface area contributed by atoms with Gasteiger partial charge in [0.05, 0.1) is 6.04 Å². The number of carbonyl (C=O) groups excluding carboxylic acids is 1. The Hall–Kier alpha value is -2.04. The second-order valence-electron chi connectivity index (χ2n) is 5.54. The molecule has 0 bridgehead atoms. The molecule has 0 radical (unpaired) electrons. The Labute approximate surface area is 119 Å². The quantitative estimate of drug-likeness (QED) is 0.880. The van der Waals surface area contributed by atoms with Gasteiger partial charge >= 0.3 is 0 Å². The van der Waals surface area contributed by atoms with Gasteiger partial charge in [-0.2, -0.15) is 0 Å². The molecule has 108 valence electrons. The third-order valence-electron chi connectivity index (χ3n) is 3.57. The first-order valence-corrected chi connectivity index (χ1v) is 6.91. The van der Waals surface area contributed by atoms with Crippen molar-refractivity contribution in [1.29, 1.82) is 0 Å². The maximum absolute atomic E-state index is 12.5. The minimum Gasteiger partial charge on any atom is -0.344 e. The molecule has 5 heteroatoms.